The number of carboxylic acids is 1. The van der Waals surface area contributed by atoms with Crippen LogP contribution in [0, 0.1) is 35.5 Å². The SMILES string of the molecule is O=C(O)C1=CC2C3C(C1C1C2C(F)(F)OC1(F)F)C(F)(F)OC3(F)F. The van der Waals surface area contributed by atoms with E-state index in [-0.39, 0.29) is 0 Å². The second-order valence-electron chi connectivity index (χ2n) is 6.58. The van der Waals surface area contributed by atoms with E-state index in [2.05, 4.69) is 9.47 Å². The first-order chi connectivity index (χ1) is 11.2. The van der Waals surface area contributed by atoms with Gasteiger partial charge >= 0.3 is 30.4 Å². The van der Waals surface area contributed by atoms with Crippen molar-refractivity contribution in [2.75, 3.05) is 0 Å². The zero-order valence-electron chi connectivity index (χ0n) is 11.7. The molecule has 3 aliphatic carbocycles. The van der Waals surface area contributed by atoms with E-state index in [1.54, 1.807) is 0 Å². The van der Waals surface area contributed by atoms with Crippen molar-refractivity contribution in [1.29, 1.82) is 0 Å². The van der Waals surface area contributed by atoms with Crippen LogP contribution in [0.15, 0.2) is 11.6 Å². The lowest BCUT2D eigenvalue weighted by atomic mass is 9.51. The van der Waals surface area contributed by atoms with E-state index in [0.29, 0.717) is 6.08 Å². The Balaban J connectivity index is 1.96. The van der Waals surface area contributed by atoms with E-state index in [1.165, 1.54) is 0 Å². The molecular formula is C13H8F8O4. The number of aliphatic carboxylic acids is 1. The van der Waals surface area contributed by atoms with Gasteiger partial charge in [-0.2, -0.15) is 35.1 Å². The van der Waals surface area contributed by atoms with Gasteiger partial charge in [-0.25, -0.2) is 4.79 Å². The Morgan fingerprint density at radius 2 is 1.16 bits per heavy atom. The molecule has 2 bridgehead atoms. The predicted molar refractivity (Wildman–Crippen MR) is 58.6 cm³/mol. The van der Waals surface area contributed by atoms with E-state index in [0.717, 1.165) is 0 Å². The molecule has 2 heterocycles. The molecule has 4 atom stereocenters. The zero-order valence-corrected chi connectivity index (χ0v) is 11.7. The molecule has 0 aromatic rings. The summed E-state index contributed by atoms with van der Waals surface area (Å²) in [6.45, 7) is 0. The first kappa shape index (κ1) is 17.0. The van der Waals surface area contributed by atoms with Gasteiger partial charge in [-0.05, 0) is 0 Å². The smallest absolute Gasteiger partial charge is 0.364 e. The van der Waals surface area contributed by atoms with Crippen LogP contribution < -0.4 is 0 Å². The van der Waals surface area contributed by atoms with Gasteiger partial charge in [-0.15, -0.1) is 0 Å². The Kier molecular flexibility index (Phi) is 2.91. The molecule has 4 nitrogen and oxygen atoms in total. The van der Waals surface area contributed by atoms with Gasteiger partial charge in [0.25, 0.3) is 0 Å². The van der Waals surface area contributed by atoms with Crippen molar-refractivity contribution in [3.63, 3.8) is 0 Å². The predicted octanol–water partition coefficient (Wildman–Crippen LogP) is 3.15. The lowest BCUT2D eigenvalue weighted by molar-refractivity contribution is -0.353. The van der Waals surface area contributed by atoms with E-state index in [9.17, 15) is 39.9 Å². The molecule has 0 aromatic carbocycles. The summed E-state index contributed by atoms with van der Waals surface area (Å²) in [6.07, 6.45) is -18.1. The highest BCUT2D eigenvalue weighted by Crippen LogP contribution is 2.73. The summed E-state index contributed by atoms with van der Waals surface area (Å²) in [5.41, 5.74) is -1.03. The average molecular weight is 380 g/mol. The van der Waals surface area contributed by atoms with E-state index in [1.807, 2.05) is 0 Å². The highest BCUT2D eigenvalue weighted by Gasteiger charge is 2.84. The molecule has 2 saturated heterocycles. The van der Waals surface area contributed by atoms with Crippen LogP contribution in [-0.2, 0) is 14.3 Å². The Morgan fingerprint density at radius 1 is 0.800 bits per heavy atom. The Bertz CT molecular complexity index is 648. The van der Waals surface area contributed by atoms with Crippen LogP contribution in [0.3, 0.4) is 0 Å². The number of allylic oxidation sites excluding steroid dienone is 1. The second-order valence-corrected chi connectivity index (χ2v) is 6.58. The summed E-state index contributed by atoms with van der Waals surface area (Å²) in [6, 6.07) is 0. The van der Waals surface area contributed by atoms with Gasteiger partial charge in [0, 0.05) is 17.4 Å². The summed E-state index contributed by atoms with van der Waals surface area (Å²) >= 11 is 0. The van der Waals surface area contributed by atoms with Crippen LogP contribution in [0.5, 0.6) is 0 Å². The maximum Gasteiger partial charge on any atom is 0.364 e. The molecule has 5 aliphatic rings. The minimum Gasteiger partial charge on any atom is -0.478 e. The number of ether oxygens (including phenoxy) is 2. The number of hydrogen-bond donors (Lipinski definition) is 1. The highest BCUT2D eigenvalue weighted by molar-refractivity contribution is 5.88. The van der Waals surface area contributed by atoms with Gasteiger partial charge in [-0.1, -0.05) is 6.08 Å². The molecule has 4 unspecified atom stereocenters. The number of halogens is 8. The van der Waals surface area contributed by atoms with Crippen molar-refractivity contribution in [3.05, 3.63) is 11.6 Å². The normalized spacial score (nSPS) is 47.1. The molecule has 3 fully saturated rings. The van der Waals surface area contributed by atoms with Gasteiger partial charge in [0.2, 0.25) is 0 Å². The maximum atomic E-state index is 14.0. The van der Waals surface area contributed by atoms with E-state index >= 15 is 0 Å². The molecule has 5 rings (SSSR count). The standard InChI is InChI=1S/C13H8F8O4/c14-10(15)5-3-1-2(9(22)23)4(7(5)12(18,19)24-10)8-6(3)11(16,17)25-13(8,20)21/h1,3-8H,(H,22,23). The highest BCUT2D eigenvalue weighted by atomic mass is 19.3. The molecule has 2 aliphatic heterocycles. The summed E-state index contributed by atoms with van der Waals surface area (Å²) in [7, 11) is 0. The molecule has 0 radical (unpaired) electrons. The van der Waals surface area contributed by atoms with Crippen LogP contribution in [0.1, 0.15) is 0 Å². The molecule has 1 N–H and O–H groups in total. The number of carbonyl (C=O) groups is 1. The van der Waals surface area contributed by atoms with Crippen LogP contribution in [0.4, 0.5) is 35.1 Å². The molecular weight excluding hydrogens is 372 g/mol. The molecule has 1 saturated carbocycles. The van der Waals surface area contributed by atoms with Crippen LogP contribution in [-0.4, -0.2) is 35.5 Å². The molecule has 0 spiro atoms. The van der Waals surface area contributed by atoms with Gasteiger partial charge in [0.1, 0.15) is 0 Å². The topological polar surface area (TPSA) is 55.8 Å². The average Bonchev–Trinajstić information content (AvgIpc) is 2.75. The number of hydrogen-bond acceptors (Lipinski definition) is 3. The first-order valence-corrected chi connectivity index (χ1v) is 7.07. The Morgan fingerprint density at radius 3 is 1.52 bits per heavy atom. The number of rotatable bonds is 1. The largest absolute Gasteiger partial charge is 0.478 e. The van der Waals surface area contributed by atoms with Crippen molar-refractivity contribution in [3.8, 4) is 0 Å². The van der Waals surface area contributed by atoms with E-state index < -0.39 is 71.5 Å². The first-order valence-electron chi connectivity index (χ1n) is 7.07. The lowest BCUT2D eigenvalue weighted by Gasteiger charge is -2.50. The third kappa shape index (κ3) is 1.92. The fraction of sp³-hybridized carbons (Fsp3) is 0.769. The number of alkyl halides is 8. The van der Waals surface area contributed by atoms with Gasteiger partial charge in [-0.3, -0.25) is 9.47 Å². The van der Waals surface area contributed by atoms with Gasteiger partial charge in [0.15, 0.2) is 0 Å². The minimum absolute atomic E-state index is 0.437. The molecule has 0 aromatic heterocycles. The summed E-state index contributed by atoms with van der Waals surface area (Å²) in [5.74, 6) is -17.2. The van der Waals surface area contributed by atoms with Gasteiger partial charge < -0.3 is 5.11 Å². The summed E-state index contributed by atoms with van der Waals surface area (Å²) in [4.78, 5) is 11.3. The fourth-order valence-electron chi connectivity index (χ4n) is 4.84. The van der Waals surface area contributed by atoms with E-state index in [4.69, 9.17) is 5.11 Å². The molecule has 140 valence electrons. The van der Waals surface area contributed by atoms with Crippen molar-refractivity contribution >= 4 is 5.97 Å². The Hall–Kier alpha value is -1.43. The van der Waals surface area contributed by atoms with Crippen molar-refractivity contribution < 1.29 is 54.5 Å². The monoisotopic (exact) mass is 380 g/mol. The molecule has 12 heteroatoms. The minimum atomic E-state index is -4.66. The lowest BCUT2D eigenvalue weighted by Crippen LogP contribution is -2.58. The third-order valence-corrected chi connectivity index (χ3v) is 5.45. The quantitative estimate of drug-likeness (QED) is 0.711. The molecule has 25 heavy (non-hydrogen) atoms. The maximum absolute atomic E-state index is 14.0. The van der Waals surface area contributed by atoms with Crippen LogP contribution >= 0.6 is 0 Å². The summed E-state index contributed by atoms with van der Waals surface area (Å²) in [5, 5.41) is 9.09. The Labute approximate surface area is 133 Å². The fourth-order valence-corrected chi connectivity index (χ4v) is 4.84. The second kappa shape index (κ2) is 4.27. The van der Waals surface area contributed by atoms with Crippen molar-refractivity contribution in [2.24, 2.45) is 35.5 Å². The third-order valence-electron chi connectivity index (χ3n) is 5.45. The van der Waals surface area contributed by atoms with Crippen LogP contribution in [0.2, 0.25) is 0 Å². The van der Waals surface area contributed by atoms with Crippen LogP contribution in [0.25, 0.3) is 0 Å². The number of carboxylic acid groups (broad SMARTS) is 1. The van der Waals surface area contributed by atoms with Crippen molar-refractivity contribution in [2.45, 2.75) is 24.4 Å². The molecule has 0 amide bonds. The van der Waals surface area contributed by atoms with Gasteiger partial charge in [0.05, 0.1) is 23.7 Å². The van der Waals surface area contributed by atoms with Crippen molar-refractivity contribution in [1.82, 2.24) is 0 Å². The summed E-state index contributed by atoms with van der Waals surface area (Å²) < 4.78 is 118. The zero-order chi connectivity index (χ0) is 18.7.